The van der Waals surface area contributed by atoms with Crippen LogP contribution in [-0.2, 0) is 9.53 Å². The second kappa shape index (κ2) is 8.84. The van der Waals surface area contributed by atoms with Crippen LogP contribution in [0.3, 0.4) is 0 Å². The predicted molar refractivity (Wildman–Crippen MR) is 110 cm³/mol. The van der Waals surface area contributed by atoms with Crippen molar-refractivity contribution in [1.29, 1.82) is 0 Å². The fourth-order valence-corrected chi connectivity index (χ4v) is 3.19. The van der Waals surface area contributed by atoms with E-state index < -0.39 is 12.4 Å². The molecule has 2 heterocycles. The van der Waals surface area contributed by atoms with E-state index in [0.29, 0.717) is 22.9 Å². The first kappa shape index (κ1) is 22.4. The number of ether oxygens (including phenoxy) is 2. The summed E-state index contributed by atoms with van der Waals surface area (Å²) in [4.78, 5) is 18.4. The van der Waals surface area contributed by atoms with Gasteiger partial charge in [-0.05, 0) is 43.2 Å². The molecule has 10 heteroatoms. The molecule has 1 unspecified atom stereocenters. The van der Waals surface area contributed by atoms with E-state index in [1.165, 1.54) is 31.4 Å². The number of benzene rings is 1. The average Bonchev–Trinajstić information content (AvgIpc) is 2.67. The van der Waals surface area contributed by atoms with Gasteiger partial charge in [0, 0.05) is 12.8 Å². The maximum atomic E-state index is 12.4. The number of nitrogens with zero attached hydrogens (tertiary/aromatic N) is 2. The number of carbonyl (C=O) groups excluding carboxylic acids is 1. The van der Waals surface area contributed by atoms with Crippen LogP contribution in [0, 0.1) is 13.8 Å². The van der Waals surface area contributed by atoms with Crippen molar-refractivity contribution in [2.24, 2.45) is 0 Å². The molecule has 0 saturated carbocycles. The summed E-state index contributed by atoms with van der Waals surface area (Å²) in [5.41, 5.74) is 3.01. The van der Waals surface area contributed by atoms with Crippen molar-refractivity contribution >= 4 is 17.4 Å². The highest BCUT2D eigenvalue weighted by Crippen LogP contribution is 2.32. The quantitative estimate of drug-likeness (QED) is 0.688. The second-order valence-corrected chi connectivity index (χ2v) is 7.11. The summed E-state index contributed by atoms with van der Waals surface area (Å²) in [6.45, 7) is 8.06. The Kier molecular flexibility index (Phi) is 6.40. The van der Waals surface area contributed by atoms with E-state index >= 15 is 0 Å². The minimum absolute atomic E-state index is 0.0202. The minimum Gasteiger partial charge on any atom is -0.406 e. The fourth-order valence-electron chi connectivity index (χ4n) is 3.19. The van der Waals surface area contributed by atoms with Crippen molar-refractivity contribution < 1.29 is 27.4 Å². The molecule has 1 aliphatic heterocycles. The first-order chi connectivity index (χ1) is 14.6. The third-order valence-corrected chi connectivity index (χ3v) is 4.79. The second-order valence-electron chi connectivity index (χ2n) is 7.11. The van der Waals surface area contributed by atoms with Crippen LogP contribution in [0.15, 0.2) is 42.7 Å². The van der Waals surface area contributed by atoms with Crippen LogP contribution in [0.2, 0.25) is 0 Å². The van der Waals surface area contributed by atoms with Gasteiger partial charge in [0.15, 0.2) is 5.82 Å². The lowest BCUT2D eigenvalue weighted by Gasteiger charge is -2.34. The lowest BCUT2D eigenvalue weighted by atomic mass is 10.1. The van der Waals surface area contributed by atoms with Crippen molar-refractivity contribution in [3.8, 4) is 5.75 Å². The van der Waals surface area contributed by atoms with Crippen molar-refractivity contribution in [1.82, 2.24) is 10.3 Å². The Morgan fingerprint density at radius 3 is 2.61 bits per heavy atom. The van der Waals surface area contributed by atoms with Crippen LogP contribution in [0.4, 0.5) is 24.7 Å². The number of rotatable bonds is 7. The average molecular weight is 436 g/mol. The van der Waals surface area contributed by atoms with Gasteiger partial charge in [-0.3, -0.25) is 4.79 Å². The van der Waals surface area contributed by atoms with Crippen LogP contribution in [0.5, 0.6) is 5.75 Å². The maximum absolute atomic E-state index is 12.4. The van der Waals surface area contributed by atoms with Gasteiger partial charge >= 0.3 is 6.36 Å². The van der Waals surface area contributed by atoms with Gasteiger partial charge in [-0.25, -0.2) is 4.98 Å². The summed E-state index contributed by atoms with van der Waals surface area (Å²) in [7, 11) is 1.51. The van der Waals surface area contributed by atoms with Gasteiger partial charge in [0.25, 0.3) is 0 Å². The van der Waals surface area contributed by atoms with Gasteiger partial charge in [0.2, 0.25) is 5.91 Å². The number of hydrogen-bond donors (Lipinski definition) is 2. The number of hydrogen-bond acceptors (Lipinski definition) is 6. The molecule has 1 aliphatic rings. The lowest BCUT2D eigenvalue weighted by molar-refractivity contribution is -0.274. The number of alkyl halides is 3. The lowest BCUT2D eigenvalue weighted by Crippen LogP contribution is -2.43. The Balaban J connectivity index is 1.81. The minimum atomic E-state index is -4.76. The van der Waals surface area contributed by atoms with Gasteiger partial charge < -0.3 is 25.0 Å². The molecule has 1 amide bonds. The Bertz CT molecular complexity index is 977. The summed E-state index contributed by atoms with van der Waals surface area (Å²) in [6.07, 6.45) is -4.76. The molecule has 1 atom stereocenters. The Morgan fingerprint density at radius 1 is 1.32 bits per heavy atom. The Labute approximate surface area is 177 Å². The van der Waals surface area contributed by atoms with Gasteiger partial charge in [0.05, 0.1) is 18.3 Å². The summed E-state index contributed by atoms with van der Waals surface area (Å²) < 4.78 is 46.4. The third kappa shape index (κ3) is 5.46. The smallest absolute Gasteiger partial charge is 0.406 e. The maximum Gasteiger partial charge on any atom is 0.573 e. The Morgan fingerprint density at radius 2 is 2.00 bits per heavy atom. The summed E-state index contributed by atoms with van der Waals surface area (Å²) in [5, 5.41) is 6.00. The molecule has 0 radical (unpaired) electrons. The predicted octanol–water partition coefficient (Wildman–Crippen LogP) is 3.80. The monoisotopic (exact) mass is 436 g/mol. The molecule has 0 aliphatic carbocycles. The number of aromatic nitrogens is 1. The Hall–Kier alpha value is -3.27. The molecule has 2 N–H and O–H groups in total. The van der Waals surface area contributed by atoms with Gasteiger partial charge in [0.1, 0.15) is 18.1 Å². The van der Waals surface area contributed by atoms with Crippen molar-refractivity contribution in [3.63, 3.8) is 0 Å². The molecule has 31 heavy (non-hydrogen) atoms. The van der Waals surface area contributed by atoms with E-state index in [-0.39, 0.29) is 24.8 Å². The highest BCUT2D eigenvalue weighted by Gasteiger charge is 2.31. The van der Waals surface area contributed by atoms with Gasteiger partial charge in [-0.2, -0.15) is 0 Å². The number of fused-ring (bicyclic) bond motifs is 1. The van der Waals surface area contributed by atoms with E-state index in [1.54, 1.807) is 4.90 Å². The number of carbonyl (C=O) groups is 1. The SMILES string of the molecule is C=C(NC(COC)c1ccc(OC(F)(F)F)cc1)N1CC(=O)Nc2cc(C)c(C)nc21. The van der Waals surface area contributed by atoms with E-state index in [0.717, 1.165) is 11.3 Å². The number of amides is 1. The van der Waals surface area contributed by atoms with Crippen molar-refractivity contribution in [2.45, 2.75) is 26.3 Å². The number of nitrogens with one attached hydrogen (secondary N) is 2. The van der Waals surface area contributed by atoms with Crippen LogP contribution in [-0.4, -0.2) is 37.5 Å². The van der Waals surface area contributed by atoms with Crippen LogP contribution < -0.4 is 20.3 Å². The third-order valence-electron chi connectivity index (χ3n) is 4.79. The topological polar surface area (TPSA) is 75.7 Å². The van der Waals surface area contributed by atoms with Crippen LogP contribution >= 0.6 is 0 Å². The standard InChI is InChI=1S/C21H23F3N4O3/c1-12-9-17-20(25-13(12)2)28(10-19(29)27-17)14(3)26-18(11-30-4)15-5-7-16(8-6-15)31-21(22,23)24/h5-9,18,26H,3,10-11H2,1-2,4H3,(H,27,29). The molecule has 0 fully saturated rings. The zero-order valence-corrected chi connectivity index (χ0v) is 17.3. The molecule has 2 aromatic rings. The molecule has 3 rings (SSSR count). The molecule has 7 nitrogen and oxygen atoms in total. The molecule has 166 valence electrons. The number of aryl methyl sites for hydroxylation is 2. The van der Waals surface area contributed by atoms with Crippen molar-refractivity contribution in [2.75, 3.05) is 30.5 Å². The largest absolute Gasteiger partial charge is 0.573 e. The molecule has 1 aromatic heterocycles. The zero-order chi connectivity index (χ0) is 22.8. The van der Waals surface area contributed by atoms with E-state index in [2.05, 4.69) is 26.9 Å². The first-order valence-corrected chi connectivity index (χ1v) is 9.43. The molecule has 1 aromatic carbocycles. The van der Waals surface area contributed by atoms with E-state index in [4.69, 9.17) is 4.74 Å². The zero-order valence-electron chi connectivity index (χ0n) is 17.3. The highest BCUT2D eigenvalue weighted by atomic mass is 19.4. The molecular weight excluding hydrogens is 413 g/mol. The van der Waals surface area contributed by atoms with Gasteiger partial charge in [-0.15, -0.1) is 13.2 Å². The summed E-state index contributed by atoms with van der Waals surface area (Å²) in [6, 6.07) is 6.89. The van der Waals surface area contributed by atoms with E-state index in [9.17, 15) is 18.0 Å². The fraction of sp³-hybridized carbons (Fsp3) is 0.333. The molecule has 0 spiro atoms. The normalized spacial score (nSPS) is 14.5. The summed E-state index contributed by atoms with van der Waals surface area (Å²) in [5.74, 6) is 0.440. The number of methoxy groups -OCH3 is 1. The molecular formula is C21H23F3N4O3. The van der Waals surface area contributed by atoms with Crippen LogP contribution in [0.25, 0.3) is 0 Å². The molecule has 0 bridgehead atoms. The summed E-state index contributed by atoms with van der Waals surface area (Å²) >= 11 is 0. The number of pyridine rings is 1. The molecule has 0 saturated heterocycles. The van der Waals surface area contributed by atoms with Crippen LogP contribution in [0.1, 0.15) is 22.9 Å². The number of anilines is 2. The first-order valence-electron chi connectivity index (χ1n) is 9.43. The van der Waals surface area contributed by atoms with Crippen molar-refractivity contribution in [3.05, 3.63) is 59.6 Å². The van der Waals surface area contributed by atoms with E-state index in [1.807, 2.05) is 19.9 Å². The number of halogens is 3. The highest BCUT2D eigenvalue weighted by molar-refractivity contribution is 6.01. The van der Waals surface area contributed by atoms with Gasteiger partial charge in [-0.1, -0.05) is 18.7 Å².